The van der Waals surface area contributed by atoms with Crippen LogP contribution in [0.3, 0.4) is 0 Å². The van der Waals surface area contributed by atoms with E-state index in [-0.39, 0.29) is 38.0 Å². The molecule has 0 bridgehead atoms. The summed E-state index contributed by atoms with van der Waals surface area (Å²) < 4.78 is 41.1. The number of rotatable bonds is 7. The van der Waals surface area contributed by atoms with Crippen LogP contribution in [0, 0.1) is 0 Å². The molecular weight excluding hydrogens is 535 g/mol. The van der Waals surface area contributed by atoms with Gasteiger partial charge in [-0.2, -0.15) is 18.3 Å². The van der Waals surface area contributed by atoms with Crippen LogP contribution in [-0.2, 0) is 15.8 Å². The Morgan fingerprint density at radius 1 is 1.19 bits per heavy atom. The maximum Gasteiger partial charge on any atom is 0.418 e. The summed E-state index contributed by atoms with van der Waals surface area (Å²) in [5.74, 6) is -1.98. The Balaban J connectivity index is 1.58. The number of aromatic nitrogens is 3. The fraction of sp³-hybridized carbons (Fsp3) is 0.227. The summed E-state index contributed by atoms with van der Waals surface area (Å²) in [5.41, 5.74) is 3.07. The van der Waals surface area contributed by atoms with Gasteiger partial charge < -0.3 is 16.4 Å². The topological polar surface area (TPSA) is 155 Å². The van der Waals surface area contributed by atoms with Crippen molar-refractivity contribution in [2.45, 2.75) is 25.6 Å². The average molecular weight is 554 g/mol. The number of carbonyl (C=O) groups is 3. The minimum absolute atomic E-state index is 0.0308. The van der Waals surface area contributed by atoms with E-state index in [2.05, 4.69) is 31.1 Å². The number of anilines is 2. The third-order valence-electron chi connectivity index (χ3n) is 5.27. The van der Waals surface area contributed by atoms with Gasteiger partial charge in [-0.25, -0.2) is 4.98 Å². The second kappa shape index (κ2) is 9.52. The van der Waals surface area contributed by atoms with Crippen LogP contribution < -0.4 is 21.7 Å². The standard InChI is InChI=1S/C22H19ClF3N7O3S/c1-21(2,32-9-3-4-13(23)10(5-9)18(35)28-8-15(27)34)19(36)31-20-30-16-12(22(24,25)26)6-14-11(7-29-33-14)17(16)37-20/h3-7,32H,8H2,1-2H3,(H2,27,34)(H,28,35)(H,29,33)(H,30,31,36). The van der Waals surface area contributed by atoms with Crippen molar-refractivity contribution in [1.82, 2.24) is 20.5 Å². The lowest BCUT2D eigenvalue weighted by atomic mass is 10.0. The molecule has 2 aromatic carbocycles. The van der Waals surface area contributed by atoms with Crippen molar-refractivity contribution in [3.63, 3.8) is 0 Å². The zero-order valence-electron chi connectivity index (χ0n) is 19.2. The number of nitrogens with zero attached hydrogens (tertiary/aromatic N) is 2. The van der Waals surface area contributed by atoms with Gasteiger partial charge in [0.15, 0.2) is 5.13 Å². The molecule has 2 heterocycles. The number of nitrogens with one attached hydrogen (secondary N) is 4. The van der Waals surface area contributed by atoms with Gasteiger partial charge in [0.05, 0.1) is 44.6 Å². The van der Waals surface area contributed by atoms with Crippen molar-refractivity contribution in [3.05, 3.63) is 46.6 Å². The smallest absolute Gasteiger partial charge is 0.372 e. The highest BCUT2D eigenvalue weighted by molar-refractivity contribution is 7.23. The fourth-order valence-corrected chi connectivity index (χ4v) is 4.67. The van der Waals surface area contributed by atoms with Crippen LogP contribution in [0.15, 0.2) is 30.5 Å². The number of nitrogens with two attached hydrogens (primary N) is 1. The Bertz CT molecular complexity index is 1550. The van der Waals surface area contributed by atoms with Crippen LogP contribution in [0.1, 0.15) is 29.8 Å². The lowest BCUT2D eigenvalue weighted by molar-refractivity contribution is -0.136. The Morgan fingerprint density at radius 2 is 1.92 bits per heavy atom. The summed E-state index contributed by atoms with van der Waals surface area (Å²) in [7, 11) is 0. The Kier molecular flexibility index (Phi) is 6.73. The summed E-state index contributed by atoms with van der Waals surface area (Å²) in [6.07, 6.45) is -3.27. The van der Waals surface area contributed by atoms with Crippen LogP contribution in [0.25, 0.3) is 21.1 Å². The summed E-state index contributed by atoms with van der Waals surface area (Å²) in [5, 5.41) is 14.7. The zero-order valence-corrected chi connectivity index (χ0v) is 20.8. The number of halogens is 4. The molecule has 0 fully saturated rings. The maximum absolute atomic E-state index is 13.6. The summed E-state index contributed by atoms with van der Waals surface area (Å²) >= 11 is 6.98. The van der Waals surface area contributed by atoms with Gasteiger partial charge in [-0.3, -0.25) is 24.8 Å². The molecule has 0 aliphatic heterocycles. The number of aromatic amines is 1. The average Bonchev–Trinajstić information content (AvgIpc) is 3.43. The molecule has 15 heteroatoms. The first-order chi connectivity index (χ1) is 17.3. The van der Waals surface area contributed by atoms with Crippen LogP contribution in [0.2, 0.25) is 5.02 Å². The number of H-pyrrole nitrogens is 1. The van der Waals surface area contributed by atoms with E-state index in [1.54, 1.807) is 0 Å². The van der Waals surface area contributed by atoms with E-state index in [9.17, 15) is 27.6 Å². The number of hydrogen-bond acceptors (Lipinski definition) is 7. The molecule has 0 atom stereocenters. The zero-order chi connectivity index (χ0) is 27.1. The third kappa shape index (κ3) is 5.44. The second-order valence-corrected chi connectivity index (χ2v) is 9.90. The number of thiazole rings is 1. The van der Waals surface area contributed by atoms with E-state index >= 15 is 0 Å². The van der Waals surface area contributed by atoms with Crippen molar-refractivity contribution < 1.29 is 27.6 Å². The number of carbonyl (C=O) groups excluding carboxylic acids is 3. The van der Waals surface area contributed by atoms with E-state index in [4.69, 9.17) is 17.3 Å². The molecule has 6 N–H and O–H groups in total. The SMILES string of the molecule is CC(C)(Nc1ccc(Cl)c(C(=O)NCC(N)=O)c1)C(=O)Nc1nc2c(C(F)(F)F)cc3[nH]ncc3c2s1. The molecule has 37 heavy (non-hydrogen) atoms. The quantitative estimate of drug-likeness (QED) is 0.234. The Morgan fingerprint density at radius 3 is 2.59 bits per heavy atom. The molecule has 4 aromatic rings. The van der Waals surface area contributed by atoms with Crippen molar-refractivity contribution in [2.24, 2.45) is 5.73 Å². The molecule has 0 aliphatic rings. The van der Waals surface area contributed by atoms with Crippen LogP contribution >= 0.6 is 22.9 Å². The molecule has 0 unspecified atom stereocenters. The Hall–Kier alpha value is -3.91. The van der Waals surface area contributed by atoms with Crippen LogP contribution in [0.5, 0.6) is 0 Å². The number of primary amides is 1. The highest BCUT2D eigenvalue weighted by Crippen LogP contribution is 2.41. The van der Waals surface area contributed by atoms with Gasteiger partial charge in [0, 0.05) is 11.1 Å². The highest BCUT2D eigenvalue weighted by Gasteiger charge is 2.36. The molecule has 0 saturated carbocycles. The molecule has 0 radical (unpaired) electrons. The third-order valence-corrected chi connectivity index (χ3v) is 6.60. The normalized spacial score (nSPS) is 12.1. The van der Waals surface area contributed by atoms with E-state index < -0.39 is 35.0 Å². The largest absolute Gasteiger partial charge is 0.418 e. The van der Waals surface area contributed by atoms with Gasteiger partial charge in [0.25, 0.3) is 11.8 Å². The lowest BCUT2D eigenvalue weighted by Crippen LogP contribution is -2.44. The number of amides is 3. The monoisotopic (exact) mass is 553 g/mol. The first-order valence-corrected chi connectivity index (χ1v) is 11.7. The first kappa shape index (κ1) is 26.2. The summed E-state index contributed by atoms with van der Waals surface area (Å²) in [4.78, 5) is 40.4. The van der Waals surface area contributed by atoms with Gasteiger partial charge in [0.1, 0.15) is 5.54 Å². The van der Waals surface area contributed by atoms with Crippen molar-refractivity contribution in [2.75, 3.05) is 17.2 Å². The predicted molar refractivity (Wildman–Crippen MR) is 134 cm³/mol. The van der Waals surface area contributed by atoms with Gasteiger partial charge >= 0.3 is 6.18 Å². The van der Waals surface area contributed by atoms with Gasteiger partial charge in [0.2, 0.25) is 5.91 Å². The van der Waals surface area contributed by atoms with Gasteiger partial charge in [-0.05, 0) is 38.1 Å². The van der Waals surface area contributed by atoms with E-state index in [0.29, 0.717) is 11.1 Å². The van der Waals surface area contributed by atoms with E-state index in [1.165, 1.54) is 38.2 Å². The predicted octanol–water partition coefficient (Wildman–Crippen LogP) is 3.89. The molecular formula is C22H19ClF3N7O3S. The first-order valence-electron chi connectivity index (χ1n) is 10.6. The minimum Gasteiger partial charge on any atom is -0.372 e. The maximum atomic E-state index is 13.6. The molecule has 10 nitrogen and oxygen atoms in total. The molecule has 2 aromatic heterocycles. The molecule has 194 valence electrons. The minimum atomic E-state index is -4.66. The van der Waals surface area contributed by atoms with Crippen LogP contribution in [-0.4, -0.2) is 45.0 Å². The lowest BCUT2D eigenvalue weighted by Gasteiger charge is -2.26. The summed E-state index contributed by atoms with van der Waals surface area (Å²) in [6.45, 7) is 2.68. The molecule has 0 aliphatic carbocycles. The number of hydrogen-bond donors (Lipinski definition) is 5. The number of benzene rings is 2. The highest BCUT2D eigenvalue weighted by atomic mass is 35.5. The van der Waals surface area contributed by atoms with Crippen molar-refractivity contribution >= 4 is 72.6 Å². The Labute approximate surface area is 215 Å². The van der Waals surface area contributed by atoms with E-state index in [0.717, 1.165) is 17.4 Å². The molecule has 0 saturated heterocycles. The van der Waals surface area contributed by atoms with Crippen LogP contribution in [0.4, 0.5) is 24.0 Å². The van der Waals surface area contributed by atoms with E-state index in [1.807, 2.05) is 0 Å². The fourth-order valence-electron chi connectivity index (χ4n) is 3.47. The molecule has 3 amide bonds. The second-order valence-electron chi connectivity index (χ2n) is 8.50. The summed E-state index contributed by atoms with van der Waals surface area (Å²) in [6, 6.07) is 5.28. The van der Waals surface area contributed by atoms with Crippen molar-refractivity contribution in [3.8, 4) is 0 Å². The van der Waals surface area contributed by atoms with Crippen molar-refractivity contribution in [1.29, 1.82) is 0 Å². The molecule has 4 rings (SSSR count). The molecule has 0 spiro atoms. The van der Waals surface area contributed by atoms with Gasteiger partial charge in [-0.1, -0.05) is 22.9 Å². The number of fused-ring (bicyclic) bond motifs is 3. The van der Waals surface area contributed by atoms with Gasteiger partial charge in [-0.15, -0.1) is 0 Å². The number of alkyl halides is 3.